The van der Waals surface area contributed by atoms with E-state index in [1.165, 1.54) is 0 Å². The highest BCUT2D eigenvalue weighted by Crippen LogP contribution is 2.35. The number of nitriles is 1. The van der Waals surface area contributed by atoms with Crippen LogP contribution in [0.5, 0.6) is 0 Å². The average Bonchev–Trinajstić information content (AvgIpc) is 2.84. The maximum Gasteiger partial charge on any atom is 0.323 e. The Bertz CT molecular complexity index is 523. The van der Waals surface area contributed by atoms with E-state index in [2.05, 4.69) is 11.4 Å². The fraction of sp³-hybridized carbons (Fsp3) is 0.467. The van der Waals surface area contributed by atoms with Gasteiger partial charge in [-0.15, -0.1) is 0 Å². The first-order valence-corrected chi connectivity index (χ1v) is 6.67. The van der Waals surface area contributed by atoms with Crippen molar-refractivity contribution in [3.8, 4) is 6.07 Å². The van der Waals surface area contributed by atoms with Gasteiger partial charge in [-0.05, 0) is 31.2 Å². The molecule has 1 aliphatic carbocycles. The van der Waals surface area contributed by atoms with Gasteiger partial charge in [0.15, 0.2) is 0 Å². The third kappa shape index (κ3) is 2.11. The van der Waals surface area contributed by atoms with Crippen LogP contribution in [-0.2, 0) is 16.0 Å². The van der Waals surface area contributed by atoms with Crippen molar-refractivity contribution < 1.29 is 9.53 Å². The summed E-state index contributed by atoms with van der Waals surface area (Å²) in [6.45, 7) is 0. The smallest absolute Gasteiger partial charge is 0.323 e. The summed E-state index contributed by atoms with van der Waals surface area (Å²) in [4.78, 5) is 12.0. The number of hydrogen-bond donors (Lipinski definition) is 1. The normalized spacial score (nSPS) is 33.3. The molecule has 0 unspecified atom stereocenters. The summed E-state index contributed by atoms with van der Waals surface area (Å²) in [5, 5.41) is 12.7. The summed E-state index contributed by atoms with van der Waals surface area (Å²) in [6, 6.07) is 11.7. The number of hydrogen-bond acceptors (Lipinski definition) is 4. The van der Waals surface area contributed by atoms with Gasteiger partial charge in [0.25, 0.3) is 0 Å². The highest BCUT2D eigenvalue weighted by molar-refractivity contribution is 5.78. The molecule has 3 rings (SSSR count). The van der Waals surface area contributed by atoms with Gasteiger partial charge >= 0.3 is 5.97 Å². The molecule has 1 N–H and O–H groups in total. The first kappa shape index (κ1) is 12.2. The summed E-state index contributed by atoms with van der Waals surface area (Å²) in [7, 11) is 0. The van der Waals surface area contributed by atoms with Crippen LogP contribution in [0.1, 0.15) is 24.8 Å². The van der Waals surface area contributed by atoms with Crippen LogP contribution in [-0.4, -0.2) is 23.7 Å². The maximum absolute atomic E-state index is 12.0. The van der Waals surface area contributed by atoms with Crippen LogP contribution in [0.3, 0.4) is 0 Å². The van der Waals surface area contributed by atoms with Crippen molar-refractivity contribution in [3.05, 3.63) is 35.9 Å². The molecule has 2 fully saturated rings. The summed E-state index contributed by atoms with van der Waals surface area (Å²) in [6.07, 6.45) is 2.75. The highest BCUT2D eigenvalue weighted by Gasteiger charge is 2.52. The number of fused-ring (bicyclic) bond motifs is 1. The number of benzene rings is 1. The van der Waals surface area contributed by atoms with Gasteiger partial charge in [0.05, 0.1) is 6.07 Å². The minimum Gasteiger partial charge on any atom is -0.458 e. The Morgan fingerprint density at radius 3 is 2.95 bits per heavy atom. The van der Waals surface area contributed by atoms with Gasteiger partial charge in [-0.3, -0.25) is 10.1 Å². The number of carbonyl (C=O) groups excluding carboxylic acids is 1. The van der Waals surface area contributed by atoms with Crippen LogP contribution in [0.15, 0.2) is 30.3 Å². The van der Waals surface area contributed by atoms with Crippen molar-refractivity contribution in [2.75, 3.05) is 0 Å². The molecule has 4 heteroatoms. The standard InChI is InChI=1S/C15H16N2O2/c16-10-15-8-4-7-13(15)19-14(18)12(17-15)9-11-5-2-1-3-6-11/h1-3,5-6,12-13,17H,4,7-9H2/t12-,13-,15-/m1/s1. The highest BCUT2D eigenvalue weighted by atomic mass is 16.6. The molecule has 1 saturated carbocycles. The first-order chi connectivity index (χ1) is 9.23. The Balaban J connectivity index is 1.79. The van der Waals surface area contributed by atoms with Crippen LogP contribution in [0.4, 0.5) is 0 Å². The van der Waals surface area contributed by atoms with E-state index < -0.39 is 11.6 Å². The van der Waals surface area contributed by atoms with E-state index in [1.807, 2.05) is 30.3 Å². The largest absolute Gasteiger partial charge is 0.458 e. The van der Waals surface area contributed by atoms with Gasteiger partial charge in [0.2, 0.25) is 0 Å². The second kappa shape index (κ2) is 4.67. The second-order valence-corrected chi connectivity index (χ2v) is 5.29. The van der Waals surface area contributed by atoms with Gasteiger partial charge in [-0.1, -0.05) is 30.3 Å². The molecule has 1 aromatic carbocycles. The van der Waals surface area contributed by atoms with Crippen LogP contribution in [0.25, 0.3) is 0 Å². The van der Waals surface area contributed by atoms with Gasteiger partial charge in [0.1, 0.15) is 17.7 Å². The molecule has 1 aliphatic heterocycles. The number of ether oxygens (including phenoxy) is 1. The molecule has 19 heavy (non-hydrogen) atoms. The predicted octanol–water partition coefficient (Wildman–Crippen LogP) is 1.56. The van der Waals surface area contributed by atoms with Crippen LogP contribution < -0.4 is 5.32 Å². The molecule has 1 heterocycles. The zero-order valence-electron chi connectivity index (χ0n) is 10.6. The van der Waals surface area contributed by atoms with E-state index in [4.69, 9.17) is 4.74 Å². The number of esters is 1. The van der Waals surface area contributed by atoms with E-state index in [-0.39, 0.29) is 12.1 Å². The van der Waals surface area contributed by atoms with Gasteiger partial charge in [-0.2, -0.15) is 5.26 Å². The zero-order valence-corrected chi connectivity index (χ0v) is 10.6. The number of nitrogens with zero attached hydrogens (tertiary/aromatic N) is 1. The monoisotopic (exact) mass is 256 g/mol. The lowest BCUT2D eigenvalue weighted by molar-refractivity contribution is -0.161. The average molecular weight is 256 g/mol. The minimum absolute atomic E-state index is 0.235. The molecule has 2 aliphatic rings. The van der Waals surface area contributed by atoms with Crippen LogP contribution in [0.2, 0.25) is 0 Å². The molecule has 1 saturated heterocycles. The minimum atomic E-state index is -0.673. The predicted molar refractivity (Wildman–Crippen MR) is 69.1 cm³/mol. The topological polar surface area (TPSA) is 62.1 Å². The zero-order chi connectivity index (χ0) is 13.3. The Labute approximate surface area is 112 Å². The summed E-state index contributed by atoms with van der Waals surface area (Å²) < 4.78 is 5.47. The number of nitrogens with one attached hydrogen (secondary N) is 1. The molecule has 0 spiro atoms. The van der Waals surface area contributed by atoms with Gasteiger partial charge in [0, 0.05) is 0 Å². The van der Waals surface area contributed by atoms with E-state index in [0.29, 0.717) is 6.42 Å². The van der Waals surface area contributed by atoms with Crippen molar-refractivity contribution in [1.29, 1.82) is 5.26 Å². The fourth-order valence-electron chi connectivity index (χ4n) is 3.03. The molecular weight excluding hydrogens is 240 g/mol. The summed E-state index contributed by atoms with van der Waals surface area (Å²) in [5.41, 5.74) is 0.398. The Kier molecular flexibility index (Phi) is 3.00. The summed E-state index contributed by atoms with van der Waals surface area (Å²) in [5.74, 6) is -0.235. The Hall–Kier alpha value is -1.86. The number of rotatable bonds is 2. The van der Waals surface area contributed by atoms with E-state index in [0.717, 1.165) is 24.8 Å². The molecular formula is C15H16N2O2. The van der Waals surface area contributed by atoms with Crippen molar-refractivity contribution in [1.82, 2.24) is 5.32 Å². The first-order valence-electron chi connectivity index (χ1n) is 6.67. The third-order valence-corrected chi connectivity index (χ3v) is 4.04. The second-order valence-electron chi connectivity index (χ2n) is 5.29. The molecule has 98 valence electrons. The summed E-state index contributed by atoms with van der Waals surface area (Å²) >= 11 is 0. The van der Waals surface area contributed by atoms with Crippen molar-refractivity contribution in [2.45, 2.75) is 43.4 Å². The quantitative estimate of drug-likeness (QED) is 0.816. The lowest BCUT2D eigenvalue weighted by atomic mass is 9.91. The third-order valence-electron chi connectivity index (χ3n) is 4.04. The van der Waals surface area contributed by atoms with E-state index >= 15 is 0 Å². The van der Waals surface area contributed by atoms with Crippen molar-refractivity contribution in [3.63, 3.8) is 0 Å². The molecule has 1 aromatic rings. The Morgan fingerprint density at radius 1 is 1.42 bits per heavy atom. The van der Waals surface area contributed by atoms with Gasteiger partial charge in [-0.25, -0.2) is 0 Å². The van der Waals surface area contributed by atoms with Crippen molar-refractivity contribution >= 4 is 5.97 Å². The molecule has 0 amide bonds. The lowest BCUT2D eigenvalue weighted by Gasteiger charge is -2.38. The Morgan fingerprint density at radius 2 is 2.21 bits per heavy atom. The van der Waals surface area contributed by atoms with E-state index in [9.17, 15) is 10.1 Å². The molecule has 0 aromatic heterocycles. The number of morpholine rings is 1. The lowest BCUT2D eigenvalue weighted by Crippen LogP contribution is -2.63. The van der Waals surface area contributed by atoms with E-state index in [1.54, 1.807) is 0 Å². The molecule has 4 nitrogen and oxygen atoms in total. The van der Waals surface area contributed by atoms with Gasteiger partial charge < -0.3 is 4.74 Å². The SMILES string of the molecule is N#C[C@]12CCC[C@H]1OC(=O)[C@@H](Cc1ccccc1)N2. The van der Waals surface area contributed by atoms with Crippen molar-refractivity contribution in [2.24, 2.45) is 0 Å². The molecule has 0 radical (unpaired) electrons. The fourth-order valence-corrected chi connectivity index (χ4v) is 3.03. The number of carbonyl (C=O) groups is 1. The molecule has 3 atom stereocenters. The van der Waals surface area contributed by atoms with Crippen LogP contribution in [0, 0.1) is 11.3 Å². The van der Waals surface area contributed by atoms with Crippen LogP contribution >= 0.6 is 0 Å². The molecule has 0 bridgehead atoms. The maximum atomic E-state index is 12.0.